The molecule has 18 heavy (non-hydrogen) atoms. The first-order valence-electron chi connectivity index (χ1n) is 6.85. The van der Waals surface area contributed by atoms with Gasteiger partial charge in [-0.1, -0.05) is 12.2 Å². The largest absolute Gasteiger partial charge is 0.481 e. The van der Waals surface area contributed by atoms with E-state index in [1.807, 2.05) is 0 Å². The lowest BCUT2D eigenvalue weighted by molar-refractivity contribution is -0.137. The highest BCUT2D eigenvalue weighted by molar-refractivity contribution is 5.66. The molecule has 4 heteroatoms. The maximum atomic E-state index is 10.3. The highest BCUT2D eigenvalue weighted by atomic mass is 16.5. The van der Waals surface area contributed by atoms with Gasteiger partial charge in [0.1, 0.15) is 0 Å². The Balaban J connectivity index is 1.69. The zero-order valence-electron chi connectivity index (χ0n) is 10.6. The van der Waals surface area contributed by atoms with Crippen molar-refractivity contribution in [2.45, 2.75) is 50.7 Å². The van der Waals surface area contributed by atoms with Crippen LogP contribution in [0.3, 0.4) is 0 Å². The Labute approximate surface area is 108 Å². The van der Waals surface area contributed by atoms with E-state index in [0.717, 1.165) is 25.7 Å². The number of aliphatic hydroxyl groups excluding tert-OH is 1. The van der Waals surface area contributed by atoms with Crippen LogP contribution < -0.4 is 0 Å². The number of hydrogen-bond donors (Lipinski definition) is 2. The number of hydrogen-bond acceptors (Lipinski definition) is 3. The van der Waals surface area contributed by atoms with Gasteiger partial charge >= 0.3 is 5.97 Å². The summed E-state index contributed by atoms with van der Waals surface area (Å²) in [4.78, 5) is 10.3. The van der Waals surface area contributed by atoms with Gasteiger partial charge < -0.3 is 14.9 Å². The topological polar surface area (TPSA) is 66.8 Å². The lowest BCUT2D eigenvalue weighted by atomic mass is 9.78. The molecule has 2 aliphatic rings. The van der Waals surface area contributed by atoms with Crippen LogP contribution in [0.25, 0.3) is 0 Å². The summed E-state index contributed by atoms with van der Waals surface area (Å²) in [5.74, 6) is 0.0159. The molecule has 2 heterocycles. The molecule has 2 bridgehead atoms. The summed E-state index contributed by atoms with van der Waals surface area (Å²) < 4.78 is 5.83. The van der Waals surface area contributed by atoms with E-state index < -0.39 is 5.97 Å². The van der Waals surface area contributed by atoms with Gasteiger partial charge in [-0.15, -0.1) is 0 Å². The number of ether oxygens (including phenoxy) is 1. The number of aliphatic hydroxyl groups is 1. The number of carbonyl (C=O) groups is 1. The van der Waals surface area contributed by atoms with Crippen LogP contribution in [0, 0.1) is 11.8 Å². The Bertz CT molecular complexity index is 313. The molecule has 2 rings (SSSR count). The van der Waals surface area contributed by atoms with E-state index >= 15 is 0 Å². The third-order valence-corrected chi connectivity index (χ3v) is 4.14. The summed E-state index contributed by atoms with van der Waals surface area (Å²) in [6, 6.07) is 0. The molecule has 0 aromatic heterocycles. The minimum atomic E-state index is -0.731. The van der Waals surface area contributed by atoms with Gasteiger partial charge in [0.15, 0.2) is 0 Å². The van der Waals surface area contributed by atoms with Gasteiger partial charge in [0, 0.05) is 18.9 Å². The van der Waals surface area contributed by atoms with Crippen molar-refractivity contribution in [3.8, 4) is 0 Å². The van der Waals surface area contributed by atoms with Crippen molar-refractivity contribution in [3.05, 3.63) is 12.2 Å². The number of unbranched alkanes of at least 4 members (excludes halogenated alkanes) is 1. The average Bonchev–Trinajstić information content (AvgIpc) is 2.93. The molecule has 0 unspecified atom stereocenters. The number of carboxylic acid groups (broad SMARTS) is 1. The Hall–Kier alpha value is -0.870. The van der Waals surface area contributed by atoms with Crippen LogP contribution in [0.2, 0.25) is 0 Å². The molecule has 2 saturated heterocycles. The molecule has 2 fully saturated rings. The summed E-state index contributed by atoms with van der Waals surface area (Å²) in [6.45, 7) is 0.221. The molecule has 0 spiro atoms. The molecule has 0 radical (unpaired) electrons. The Kier molecular flexibility index (Phi) is 4.78. The Morgan fingerprint density at radius 1 is 1.22 bits per heavy atom. The van der Waals surface area contributed by atoms with Gasteiger partial charge in [0.25, 0.3) is 0 Å². The van der Waals surface area contributed by atoms with Crippen molar-refractivity contribution in [2.24, 2.45) is 11.8 Å². The van der Waals surface area contributed by atoms with Gasteiger partial charge in [0.2, 0.25) is 0 Å². The summed E-state index contributed by atoms with van der Waals surface area (Å²) in [5.41, 5.74) is 0. The van der Waals surface area contributed by atoms with E-state index in [1.165, 1.54) is 0 Å². The molecule has 0 saturated carbocycles. The van der Waals surface area contributed by atoms with E-state index in [1.54, 1.807) is 0 Å². The van der Waals surface area contributed by atoms with Gasteiger partial charge in [-0.2, -0.15) is 0 Å². The maximum Gasteiger partial charge on any atom is 0.303 e. The quantitative estimate of drug-likeness (QED) is 0.538. The van der Waals surface area contributed by atoms with E-state index in [-0.39, 0.29) is 19.1 Å². The van der Waals surface area contributed by atoms with Crippen molar-refractivity contribution in [1.82, 2.24) is 0 Å². The normalized spacial score (nSPS) is 34.5. The molecule has 102 valence electrons. The van der Waals surface area contributed by atoms with Crippen molar-refractivity contribution in [2.75, 3.05) is 6.61 Å². The number of carboxylic acids is 1. The Morgan fingerprint density at radius 2 is 1.94 bits per heavy atom. The molecule has 2 N–H and O–H groups in total. The van der Waals surface area contributed by atoms with Crippen LogP contribution in [0.4, 0.5) is 0 Å². The Morgan fingerprint density at radius 3 is 2.61 bits per heavy atom. The fraction of sp³-hybridized carbons (Fsp3) is 0.786. The second-order valence-corrected chi connectivity index (χ2v) is 5.29. The average molecular weight is 254 g/mol. The summed E-state index contributed by atoms with van der Waals surface area (Å²) in [5, 5.41) is 17.9. The third-order valence-electron chi connectivity index (χ3n) is 4.14. The molecular formula is C14H22O4. The third kappa shape index (κ3) is 3.12. The minimum absolute atomic E-state index is 0.221. The SMILES string of the molecule is O=C(O)CCC/C=C\C[C@H]1[C@@H](CO)[C@H]2CC[C@@H]1O2. The van der Waals surface area contributed by atoms with Crippen LogP contribution in [0.15, 0.2) is 12.2 Å². The standard InChI is InChI=1S/C14H22O4/c15-9-11-10(12-7-8-13(11)18-12)5-3-1-2-4-6-14(16)17/h1,3,10-13,15H,2,4-9H2,(H,16,17)/b3-1-/t10-,11+,12-,13+/m0/s1. The first kappa shape index (κ1) is 13.6. The zero-order chi connectivity index (χ0) is 13.0. The second-order valence-electron chi connectivity index (χ2n) is 5.29. The number of aliphatic carboxylic acids is 1. The van der Waals surface area contributed by atoms with Gasteiger partial charge in [-0.25, -0.2) is 0 Å². The van der Waals surface area contributed by atoms with Crippen molar-refractivity contribution < 1.29 is 19.7 Å². The lowest BCUT2D eigenvalue weighted by Crippen LogP contribution is -2.29. The predicted octanol–water partition coefficient (Wildman–Crippen LogP) is 1.97. The van der Waals surface area contributed by atoms with E-state index in [0.29, 0.717) is 24.4 Å². The summed E-state index contributed by atoms with van der Waals surface area (Å²) >= 11 is 0. The van der Waals surface area contributed by atoms with Crippen molar-refractivity contribution in [3.63, 3.8) is 0 Å². The predicted molar refractivity (Wildman–Crippen MR) is 67.2 cm³/mol. The molecule has 2 aliphatic heterocycles. The summed E-state index contributed by atoms with van der Waals surface area (Å²) in [7, 11) is 0. The maximum absolute atomic E-state index is 10.3. The number of fused-ring (bicyclic) bond motifs is 2. The fourth-order valence-electron chi connectivity index (χ4n) is 3.19. The van der Waals surface area contributed by atoms with Crippen LogP contribution >= 0.6 is 0 Å². The first-order chi connectivity index (χ1) is 8.72. The van der Waals surface area contributed by atoms with Gasteiger partial charge in [0.05, 0.1) is 12.2 Å². The highest BCUT2D eigenvalue weighted by Crippen LogP contribution is 2.44. The van der Waals surface area contributed by atoms with Gasteiger partial charge in [-0.05, 0) is 38.0 Å². The van der Waals surface area contributed by atoms with Crippen LogP contribution in [-0.2, 0) is 9.53 Å². The molecule has 4 nitrogen and oxygen atoms in total. The van der Waals surface area contributed by atoms with Crippen molar-refractivity contribution in [1.29, 1.82) is 0 Å². The highest BCUT2D eigenvalue weighted by Gasteiger charge is 2.47. The van der Waals surface area contributed by atoms with Crippen LogP contribution in [-0.4, -0.2) is 35.0 Å². The fourth-order valence-corrected chi connectivity index (χ4v) is 3.19. The minimum Gasteiger partial charge on any atom is -0.481 e. The lowest BCUT2D eigenvalue weighted by Gasteiger charge is -2.25. The molecule has 4 atom stereocenters. The molecule has 0 amide bonds. The van der Waals surface area contributed by atoms with E-state index in [2.05, 4.69) is 12.2 Å². The van der Waals surface area contributed by atoms with E-state index in [9.17, 15) is 9.90 Å². The number of allylic oxidation sites excluding steroid dienone is 2. The van der Waals surface area contributed by atoms with Gasteiger partial charge in [-0.3, -0.25) is 4.79 Å². The second kappa shape index (κ2) is 6.34. The zero-order valence-corrected chi connectivity index (χ0v) is 10.6. The van der Waals surface area contributed by atoms with Crippen LogP contribution in [0.5, 0.6) is 0 Å². The van der Waals surface area contributed by atoms with Crippen LogP contribution in [0.1, 0.15) is 38.5 Å². The summed E-state index contributed by atoms with van der Waals surface area (Å²) in [6.07, 6.45) is 9.69. The smallest absolute Gasteiger partial charge is 0.303 e. The molecule has 0 aliphatic carbocycles. The van der Waals surface area contributed by atoms with E-state index in [4.69, 9.17) is 9.84 Å². The monoisotopic (exact) mass is 254 g/mol. The number of rotatable bonds is 7. The van der Waals surface area contributed by atoms with Crippen molar-refractivity contribution >= 4 is 5.97 Å². The molecule has 0 aromatic rings. The molecular weight excluding hydrogens is 232 g/mol. The molecule has 0 aromatic carbocycles. The first-order valence-corrected chi connectivity index (χ1v) is 6.85.